The molecule has 0 aliphatic carbocycles. The minimum absolute atomic E-state index is 0. The van der Waals surface area contributed by atoms with Crippen LogP contribution in [0.3, 0.4) is 0 Å². The van der Waals surface area contributed by atoms with Crippen LogP contribution in [0.4, 0.5) is 0 Å². The zero-order valence-electron chi connectivity index (χ0n) is 7.80. The molecule has 0 saturated heterocycles. The first kappa shape index (κ1) is 262. The molecule has 0 spiro atoms. The van der Waals surface area contributed by atoms with Crippen molar-refractivity contribution in [2.45, 2.75) is 0 Å². The van der Waals surface area contributed by atoms with Gasteiger partial charge in [-0.3, -0.25) is 7.32 Å². The Morgan fingerprint density at radius 3 is 0.400 bits per heavy atom. The molecule has 0 amide bonds. The smallest absolute Gasteiger partial charge is 0.907 e. The van der Waals surface area contributed by atoms with Gasteiger partial charge in [0.15, 0.2) is 0 Å². The van der Waals surface area contributed by atoms with Gasteiger partial charge < -0.3 is 69.8 Å². The van der Waals surface area contributed by atoms with Crippen LogP contribution in [0.15, 0.2) is 0 Å². The summed E-state index contributed by atoms with van der Waals surface area (Å²) in [5.74, 6) is 0. The van der Waals surface area contributed by atoms with Crippen LogP contribution < -0.4 is 44.6 Å². The summed E-state index contributed by atoms with van der Waals surface area (Å²) in [4.78, 5) is 0. The predicted molar refractivity (Wildman–Crippen MR) is 41.9 cm³/mol. The van der Waals surface area contributed by atoms with Crippen LogP contribution in [0, 0.1) is 0 Å². The molecule has 0 aliphatic heterocycles. The van der Waals surface area contributed by atoms with Crippen LogP contribution in [0.2, 0.25) is 0 Å². The van der Waals surface area contributed by atoms with Gasteiger partial charge in [0, 0.05) is 0 Å². The second-order valence-electron chi connectivity index (χ2n) is 0.289. The Morgan fingerprint density at radius 2 is 0.400 bits per heavy atom. The van der Waals surface area contributed by atoms with Gasteiger partial charge in [-0.1, -0.05) is 0 Å². The average Bonchev–Trinajstić information content (AvgIpc) is 0.811. The van der Waals surface area contributed by atoms with E-state index >= 15 is 0 Å². The standard InChI is InChI=1S/BO3.Na.10H2O/c2-1(3)4;;;;;;;;;;;/h;;10*1H2/q-3;+1;;;;;;;;;;. The van der Waals surface area contributed by atoms with Gasteiger partial charge in [-0.15, -0.1) is 0 Å². The third kappa shape index (κ3) is 7710. The number of hydrogen-bond acceptors (Lipinski definition) is 3. The minimum Gasteiger partial charge on any atom is -0.907 e. The molecule has 0 fully saturated rings. The van der Waals surface area contributed by atoms with Crippen LogP contribution in [-0.2, 0) is 0 Å². The van der Waals surface area contributed by atoms with E-state index in [9.17, 15) is 0 Å². The van der Waals surface area contributed by atoms with Crippen molar-refractivity contribution in [1.29, 1.82) is 0 Å². The average molecular weight is 262 g/mol. The molecule has 15 heavy (non-hydrogen) atoms. The maximum atomic E-state index is 8.42. The molecule has 0 radical (unpaired) electrons. The van der Waals surface area contributed by atoms with Crippen molar-refractivity contribution < 1.29 is 99.4 Å². The molecule has 0 aromatic heterocycles. The number of rotatable bonds is 0. The fraction of sp³-hybridized carbons (Fsp3) is 0. The number of hydrogen-bond donors (Lipinski definition) is 0. The summed E-state index contributed by atoms with van der Waals surface area (Å²) >= 11 is 0. The molecular weight excluding hydrogens is 242 g/mol. The maximum Gasteiger partial charge on any atom is 1.00 e. The van der Waals surface area contributed by atoms with Crippen LogP contribution in [0.1, 0.15) is 0 Å². The van der Waals surface area contributed by atoms with E-state index in [1.807, 2.05) is 0 Å². The van der Waals surface area contributed by atoms with Gasteiger partial charge in [-0.2, -0.15) is 0 Å². The molecule has 0 aromatic carbocycles. The van der Waals surface area contributed by atoms with Crippen molar-refractivity contribution in [3.63, 3.8) is 0 Å². The molecule has 0 heterocycles. The van der Waals surface area contributed by atoms with E-state index in [0.717, 1.165) is 0 Å². The fourth-order valence-electron chi connectivity index (χ4n) is 0. The minimum atomic E-state index is -2.92. The molecule has 15 heteroatoms. The Bertz CT molecular complexity index is 15.3. The van der Waals surface area contributed by atoms with Crippen LogP contribution in [0.5, 0.6) is 0 Å². The Balaban J connectivity index is -0.000000000818. The zero-order valence-corrected chi connectivity index (χ0v) is 9.80. The first-order chi connectivity index (χ1) is 1.73. The summed E-state index contributed by atoms with van der Waals surface area (Å²) in [5, 5.41) is 25.2. The van der Waals surface area contributed by atoms with E-state index in [-0.39, 0.29) is 84.3 Å². The van der Waals surface area contributed by atoms with Crippen LogP contribution in [-0.4, -0.2) is 62.1 Å². The van der Waals surface area contributed by atoms with Gasteiger partial charge >= 0.3 is 29.6 Å². The summed E-state index contributed by atoms with van der Waals surface area (Å²) < 4.78 is 0. The van der Waals surface area contributed by atoms with Crippen molar-refractivity contribution in [3.05, 3.63) is 0 Å². The van der Waals surface area contributed by atoms with Crippen molar-refractivity contribution in [1.82, 2.24) is 0 Å². The van der Waals surface area contributed by atoms with Gasteiger partial charge in [0.1, 0.15) is 0 Å². The summed E-state index contributed by atoms with van der Waals surface area (Å²) in [7, 11) is -2.92. The van der Waals surface area contributed by atoms with E-state index in [1.165, 1.54) is 0 Å². The van der Waals surface area contributed by atoms with E-state index in [2.05, 4.69) is 0 Å². The molecule has 0 aromatic rings. The van der Waals surface area contributed by atoms with Crippen molar-refractivity contribution in [3.8, 4) is 0 Å². The molecule has 20 N–H and O–H groups in total. The Morgan fingerprint density at radius 1 is 0.400 bits per heavy atom. The first-order valence-corrected chi connectivity index (χ1v) is 0.707. The third-order valence-corrected chi connectivity index (χ3v) is 0. The van der Waals surface area contributed by atoms with Crippen LogP contribution >= 0.6 is 0 Å². The van der Waals surface area contributed by atoms with E-state index in [1.54, 1.807) is 0 Å². The fourth-order valence-corrected chi connectivity index (χ4v) is 0. The SMILES string of the molecule is O.O.O.O.O.O.O.O.O.O.[Na+].[O-]B([O-])[O-]. The molecule has 0 atom stereocenters. The topological polar surface area (TPSA) is 384 Å². The predicted octanol–water partition coefficient (Wildman–Crippen LogP) is -15.2. The monoisotopic (exact) mass is 262 g/mol. The second-order valence-corrected chi connectivity index (χ2v) is 0.289. The quantitative estimate of drug-likeness (QED) is 0.383. The Hall–Kier alpha value is 0.545. The van der Waals surface area contributed by atoms with E-state index in [4.69, 9.17) is 15.1 Å². The molecule has 0 aliphatic rings. The van der Waals surface area contributed by atoms with E-state index < -0.39 is 7.32 Å². The normalized spacial score (nSPS) is 1.80. The Labute approximate surface area is 107 Å². The summed E-state index contributed by atoms with van der Waals surface area (Å²) in [6.45, 7) is 0. The van der Waals surface area contributed by atoms with Crippen LogP contribution in [0.25, 0.3) is 0 Å². The van der Waals surface area contributed by atoms with Crippen molar-refractivity contribution in [2.24, 2.45) is 0 Å². The largest absolute Gasteiger partial charge is 1.00 e. The molecule has 13 nitrogen and oxygen atoms in total. The molecule has 104 valence electrons. The van der Waals surface area contributed by atoms with Gasteiger partial charge in [-0.05, 0) is 0 Å². The van der Waals surface area contributed by atoms with Gasteiger partial charge in [0.05, 0.1) is 0 Å². The molecular formula is H20BNaO13-2. The summed E-state index contributed by atoms with van der Waals surface area (Å²) in [6.07, 6.45) is 0. The molecule has 0 saturated carbocycles. The maximum absolute atomic E-state index is 8.42. The second kappa shape index (κ2) is 212. The molecule has 0 rings (SSSR count). The first-order valence-electron chi connectivity index (χ1n) is 0.707. The summed E-state index contributed by atoms with van der Waals surface area (Å²) in [5.41, 5.74) is 0. The molecule has 0 bridgehead atoms. The van der Waals surface area contributed by atoms with Crippen molar-refractivity contribution in [2.75, 3.05) is 0 Å². The van der Waals surface area contributed by atoms with Crippen molar-refractivity contribution >= 4 is 7.32 Å². The van der Waals surface area contributed by atoms with Gasteiger partial charge in [0.25, 0.3) is 0 Å². The zero-order chi connectivity index (χ0) is 3.58. The van der Waals surface area contributed by atoms with Gasteiger partial charge in [-0.25, -0.2) is 0 Å². The Kier molecular flexibility index (Phi) is 3700. The summed E-state index contributed by atoms with van der Waals surface area (Å²) in [6, 6.07) is 0. The van der Waals surface area contributed by atoms with Gasteiger partial charge in [0.2, 0.25) is 0 Å². The third-order valence-electron chi connectivity index (χ3n) is 0. The van der Waals surface area contributed by atoms with E-state index in [0.29, 0.717) is 0 Å². The molecule has 0 unspecified atom stereocenters.